The van der Waals surface area contributed by atoms with Crippen molar-refractivity contribution in [2.75, 3.05) is 26.6 Å². The Bertz CT molecular complexity index is 1150. The van der Waals surface area contributed by atoms with E-state index in [2.05, 4.69) is 34.5 Å². The van der Waals surface area contributed by atoms with E-state index < -0.39 is 0 Å². The van der Waals surface area contributed by atoms with E-state index in [0.717, 1.165) is 33.5 Å². The van der Waals surface area contributed by atoms with Gasteiger partial charge < -0.3 is 29.0 Å². The van der Waals surface area contributed by atoms with Crippen molar-refractivity contribution in [3.05, 3.63) is 65.0 Å². The number of aromatic nitrogens is 2. The number of nitrogens with one attached hydrogen (secondary N) is 2. The predicted molar refractivity (Wildman–Crippen MR) is 116 cm³/mol. The monoisotopic (exact) mass is 407 g/mol. The minimum absolute atomic E-state index is 0.237. The highest BCUT2D eigenvalue weighted by atomic mass is 16.5. The molecular formula is C23H25N3O4. The highest BCUT2D eigenvalue weighted by molar-refractivity contribution is 5.86. The van der Waals surface area contributed by atoms with Gasteiger partial charge in [-0.25, -0.2) is 0 Å². The second kappa shape index (κ2) is 8.02. The number of aromatic amines is 1. The Morgan fingerprint density at radius 3 is 2.27 bits per heavy atom. The summed E-state index contributed by atoms with van der Waals surface area (Å²) in [6, 6.07) is 13.8. The van der Waals surface area contributed by atoms with E-state index in [1.165, 1.54) is 0 Å². The third-order valence-electron chi connectivity index (χ3n) is 5.17. The van der Waals surface area contributed by atoms with Crippen molar-refractivity contribution in [1.82, 2.24) is 10.1 Å². The molecule has 2 aromatic carbocycles. The Balaban J connectivity index is 1.93. The maximum Gasteiger partial charge on any atom is 0.203 e. The van der Waals surface area contributed by atoms with Crippen LogP contribution in [-0.4, -0.2) is 31.5 Å². The number of hydrogen-bond donors (Lipinski definition) is 2. The molecule has 0 bridgehead atoms. The fourth-order valence-corrected chi connectivity index (χ4v) is 3.84. The Labute approximate surface area is 174 Å². The molecule has 4 aromatic rings. The van der Waals surface area contributed by atoms with E-state index in [0.29, 0.717) is 23.1 Å². The first-order valence-corrected chi connectivity index (χ1v) is 9.62. The van der Waals surface area contributed by atoms with Crippen molar-refractivity contribution in [2.24, 2.45) is 0 Å². The lowest BCUT2D eigenvalue weighted by Gasteiger charge is -2.22. The van der Waals surface area contributed by atoms with Crippen LogP contribution in [0.5, 0.6) is 17.2 Å². The molecule has 156 valence electrons. The number of benzene rings is 2. The molecule has 0 radical (unpaired) electrons. The molecule has 4 rings (SSSR count). The molecule has 0 saturated carbocycles. The lowest BCUT2D eigenvalue weighted by molar-refractivity contribution is 0.323. The van der Waals surface area contributed by atoms with E-state index in [4.69, 9.17) is 18.7 Å². The average Bonchev–Trinajstić information content (AvgIpc) is 3.32. The van der Waals surface area contributed by atoms with Gasteiger partial charge in [0.25, 0.3) is 0 Å². The van der Waals surface area contributed by atoms with E-state index in [-0.39, 0.29) is 6.04 Å². The van der Waals surface area contributed by atoms with Gasteiger partial charge in [-0.05, 0) is 37.6 Å². The smallest absolute Gasteiger partial charge is 0.203 e. The highest BCUT2D eigenvalue weighted by Crippen LogP contribution is 2.43. The summed E-state index contributed by atoms with van der Waals surface area (Å²) in [5, 5.41) is 8.78. The van der Waals surface area contributed by atoms with Gasteiger partial charge in [0, 0.05) is 28.2 Å². The van der Waals surface area contributed by atoms with Gasteiger partial charge in [-0.1, -0.05) is 23.4 Å². The van der Waals surface area contributed by atoms with Crippen LogP contribution in [0.4, 0.5) is 5.82 Å². The number of methoxy groups -OCH3 is 3. The van der Waals surface area contributed by atoms with Gasteiger partial charge in [-0.3, -0.25) is 0 Å². The molecule has 0 fully saturated rings. The molecule has 0 aliphatic carbocycles. The predicted octanol–water partition coefficient (Wildman–Crippen LogP) is 5.00. The Morgan fingerprint density at radius 2 is 1.67 bits per heavy atom. The lowest BCUT2D eigenvalue weighted by atomic mass is 9.95. The van der Waals surface area contributed by atoms with Gasteiger partial charge in [-0.2, -0.15) is 0 Å². The number of hydrogen-bond acceptors (Lipinski definition) is 6. The van der Waals surface area contributed by atoms with E-state index in [1.807, 2.05) is 37.3 Å². The maximum absolute atomic E-state index is 5.58. The summed E-state index contributed by atoms with van der Waals surface area (Å²) >= 11 is 0. The second-order valence-electron chi connectivity index (χ2n) is 7.07. The van der Waals surface area contributed by atoms with Gasteiger partial charge in [0.1, 0.15) is 5.76 Å². The first kappa shape index (κ1) is 19.7. The molecule has 7 nitrogen and oxygen atoms in total. The van der Waals surface area contributed by atoms with E-state index in [1.54, 1.807) is 21.3 Å². The first-order valence-electron chi connectivity index (χ1n) is 9.62. The van der Waals surface area contributed by atoms with Crippen molar-refractivity contribution in [3.8, 4) is 17.2 Å². The summed E-state index contributed by atoms with van der Waals surface area (Å²) in [4.78, 5) is 3.48. The number of aryl methyl sites for hydroxylation is 2. The fourth-order valence-electron chi connectivity index (χ4n) is 3.84. The lowest BCUT2D eigenvalue weighted by Crippen LogP contribution is -2.14. The molecule has 2 heterocycles. The zero-order chi connectivity index (χ0) is 21.3. The van der Waals surface area contributed by atoms with Crippen LogP contribution in [0.25, 0.3) is 10.9 Å². The van der Waals surface area contributed by atoms with Crippen LogP contribution in [-0.2, 0) is 0 Å². The zero-order valence-electron chi connectivity index (χ0n) is 17.7. The molecule has 30 heavy (non-hydrogen) atoms. The van der Waals surface area contributed by atoms with Crippen LogP contribution in [0.15, 0.2) is 47.0 Å². The summed E-state index contributed by atoms with van der Waals surface area (Å²) in [5.74, 6) is 3.11. The number of para-hydroxylation sites is 1. The first-order chi connectivity index (χ1) is 14.5. The van der Waals surface area contributed by atoms with Crippen molar-refractivity contribution >= 4 is 16.7 Å². The van der Waals surface area contributed by atoms with E-state index >= 15 is 0 Å². The Morgan fingerprint density at radius 1 is 0.967 bits per heavy atom. The number of rotatable bonds is 7. The van der Waals surface area contributed by atoms with Crippen LogP contribution in [0, 0.1) is 13.8 Å². The Kier molecular flexibility index (Phi) is 5.27. The maximum atomic E-state index is 5.58. The fraction of sp³-hybridized carbons (Fsp3) is 0.261. The third-order valence-corrected chi connectivity index (χ3v) is 5.17. The molecule has 0 spiro atoms. The topological polar surface area (TPSA) is 81.5 Å². The van der Waals surface area contributed by atoms with Crippen molar-refractivity contribution in [2.45, 2.75) is 19.9 Å². The third kappa shape index (κ3) is 3.43. The van der Waals surface area contributed by atoms with Gasteiger partial charge in [-0.15, -0.1) is 0 Å². The summed E-state index contributed by atoms with van der Waals surface area (Å²) in [7, 11) is 4.82. The number of nitrogens with zero attached hydrogens (tertiary/aromatic N) is 1. The van der Waals surface area contributed by atoms with Gasteiger partial charge in [0.05, 0.1) is 27.4 Å². The van der Waals surface area contributed by atoms with Crippen molar-refractivity contribution in [3.63, 3.8) is 0 Å². The molecule has 2 aromatic heterocycles. The van der Waals surface area contributed by atoms with Crippen LogP contribution in [0.3, 0.4) is 0 Å². The number of H-pyrrole nitrogens is 1. The minimum atomic E-state index is -0.237. The number of ether oxygens (including phenoxy) is 3. The van der Waals surface area contributed by atoms with E-state index in [9.17, 15) is 0 Å². The normalized spacial score (nSPS) is 12.0. The summed E-state index contributed by atoms with van der Waals surface area (Å²) in [5.41, 5.74) is 4.18. The second-order valence-corrected chi connectivity index (χ2v) is 7.07. The number of anilines is 1. The van der Waals surface area contributed by atoms with Crippen LogP contribution in [0.1, 0.15) is 28.6 Å². The van der Waals surface area contributed by atoms with Gasteiger partial charge in [0.2, 0.25) is 5.75 Å². The minimum Gasteiger partial charge on any atom is -0.493 e. The van der Waals surface area contributed by atoms with Gasteiger partial charge >= 0.3 is 0 Å². The van der Waals surface area contributed by atoms with Crippen LogP contribution >= 0.6 is 0 Å². The molecule has 1 atom stereocenters. The SMILES string of the molecule is COc1cc(C(Nc2cc(C)on2)c2c(C)[nH]c3ccccc23)cc(OC)c1OC. The average molecular weight is 407 g/mol. The highest BCUT2D eigenvalue weighted by Gasteiger charge is 2.25. The zero-order valence-corrected chi connectivity index (χ0v) is 17.7. The summed E-state index contributed by atoms with van der Waals surface area (Å²) < 4.78 is 21.9. The van der Waals surface area contributed by atoms with Gasteiger partial charge in [0.15, 0.2) is 17.3 Å². The largest absolute Gasteiger partial charge is 0.493 e. The van der Waals surface area contributed by atoms with Crippen LogP contribution < -0.4 is 19.5 Å². The summed E-state index contributed by atoms with van der Waals surface area (Å²) in [6.07, 6.45) is 0. The molecule has 0 saturated heterocycles. The molecular weight excluding hydrogens is 382 g/mol. The molecule has 1 unspecified atom stereocenters. The molecule has 0 aliphatic heterocycles. The van der Waals surface area contributed by atoms with Crippen molar-refractivity contribution < 1.29 is 18.7 Å². The quantitative estimate of drug-likeness (QED) is 0.449. The van der Waals surface area contributed by atoms with Crippen molar-refractivity contribution in [1.29, 1.82) is 0 Å². The van der Waals surface area contributed by atoms with Crippen LogP contribution in [0.2, 0.25) is 0 Å². The molecule has 0 aliphatic rings. The molecule has 2 N–H and O–H groups in total. The Hall–Kier alpha value is -3.61. The summed E-state index contributed by atoms with van der Waals surface area (Å²) in [6.45, 7) is 3.93. The number of fused-ring (bicyclic) bond motifs is 1. The standard InChI is InChI=1S/C23H25N3O4/c1-13-10-20(26-30-13)25-22(21-14(2)24-17-9-7-6-8-16(17)21)15-11-18(27-3)23(29-5)19(12-15)28-4/h6-12,22,24H,1-5H3,(H,25,26). The molecule has 0 amide bonds. The molecule has 7 heteroatoms.